The van der Waals surface area contributed by atoms with Crippen molar-refractivity contribution in [2.24, 2.45) is 0 Å². The van der Waals surface area contributed by atoms with Crippen LogP contribution in [0.25, 0.3) is 10.8 Å². The molecule has 1 aliphatic heterocycles. The molecule has 5 nitrogen and oxygen atoms in total. The molecule has 19 heavy (non-hydrogen) atoms. The number of aliphatic hydroxyl groups is 1. The van der Waals surface area contributed by atoms with Crippen molar-refractivity contribution in [2.45, 2.75) is 17.5 Å². The van der Waals surface area contributed by atoms with Crippen LogP contribution in [0.5, 0.6) is 5.75 Å². The van der Waals surface area contributed by atoms with Crippen molar-refractivity contribution in [2.75, 3.05) is 0 Å². The fraction of sp³-hybridized carbons (Fsp3) is 0.231. The number of nitrogens with zero attached hydrogens (tertiary/aromatic N) is 1. The highest BCUT2D eigenvalue weighted by Crippen LogP contribution is 2.46. The first-order valence-electron chi connectivity index (χ1n) is 5.66. The van der Waals surface area contributed by atoms with Crippen molar-refractivity contribution in [3.63, 3.8) is 0 Å². The lowest BCUT2D eigenvalue weighted by atomic mass is 9.88. The molecule has 0 fully saturated rings. The van der Waals surface area contributed by atoms with Gasteiger partial charge in [-0.2, -0.15) is 0 Å². The van der Waals surface area contributed by atoms with Crippen LogP contribution in [0.4, 0.5) is 5.69 Å². The first-order valence-corrected chi connectivity index (χ1v) is 6.58. The van der Waals surface area contributed by atoms with Gasteiger partial charge in [-0.3, -0.25) is 10.1 Å². The molecule has 2 aromatic rings. The van der Waals surface area contributed by atoms with E-state index < -0.39 is 15.5 Å². The Balaban J connectivity index is 2.44. The Kier molecular flexibility index (Phi) is 2.55. The highest BCUT2D eigenvalue weighted by molar-refractivity contribution is 9.09. The van der Waals surface area contributed by atoms with E-state index in [2.05, 4.69) is 15.9 Å². The average molecular weight is 324 g/mol. The second-order valence-electron chi connectivity index (χ2n) is 4.65. The quantitative estimate of drug-likeness (QED) is 0.497. The van der Waals surface area contributed by atoms with Gasteiger partial charge in [0.2, 0.25) is 0 Å². The molecule has 1 N–H and O–H groups in total. The Morgan fingerprint density at radius 2 is 2.16 bits per heavy atom. The summed E-state index contributed by atoms with van der Waals surface area (Å²) in [6, 6.07) is 8.10. The monoisotopic (exact) mass is 323 g/mol. The lowest BCUT2D eigenvalue weighted by Gasteiger charge is -2.35. The standard InChI is InChI=1S/C13H10BrNO4/c1-13(16)8-4-2-3-7-9(15(17)18)5-6-10(11(7)8)19-12(13)14/h2-6,12,16H,1H3. The van der Waals surface area contributed by atoms with E-state index in [1.807, 2.05) is 0 Å². The second-order valence-corrected chi connectivity index (χ2v) is 5.48. The molecule has 98 valence electrons. The van der Waals surface area contributed by atoms with Crippen LogP contribution in [-0.4, -0.2) is 15.0 Å². The first-order chi connectivity index (χ1) is 8.93. The van der Waals surface area contributed by atoms with E-state index in [0.717, 1.165) is 0 Å². The zero-order valence-electron chi connectivity index (χ0n) is 9.96. The molecule has 3 rings (SSSR count). The molecule has 0 bridgehead atoms. The number of non-ortho nitro benzene ring substituents is 1. The van der Waals surface area contributed by atoms with Crippen LogP contribution in [0.1, 0.15) is 12.5 Å². The third-order valence-electron chi connectivity index (χ3n) is 3.39. The van der Waals surface area contributed by atoms with E-state index in [1.165, 1.54) is 6.07 Å². The largest absolute Gasteiger partial charge is 0.475 e. The molecule has 2 aromatic carbocycles. The minimum absolute atomic E-state index is 0.00743. The second kappa shape index (κ2) is 3.91. The third-order valence-corrected chi connectivity index (χ3v) is 4.47. The van der Waals surface area contributed by atoms with Crippen LogP contribution in [0, 0.1) is 10.1 Å². The van der Waals surface area contributed by atoms with Gasteiger partial charge >= 0.3 is 0 Å². The zero-order valence-corrected chi connectivity index (χ0v) is 11.5. The number of halogens is 1. The summed E-state index contributed by atoms with van der Waals surface area (Å²) >= 11 is 3.29. The number of nitro groups is 1. The fourth-order valence-electron chi connectivity index (χ4n) is 2.39. The number of ether oxygens (including phenoxy) is 1. The van der Waals surface area contributed by atoms with Crippen LogP contribution >= 0.6 is 15.9 Å². The number of rotatable bonds is 1. The van der Waals surface area contributed by atoms with Crippen LogP contribution < -0.4 is 4.74 Å². The minimum Gasteiger partial charge on any atom is -0.475 e. The normalized spacial score (nSPS) is 25.1. The summed E-state index contributed by atoms with van der Waals surface area (Å²) in [6.45, 7) is 1.61. The summed E-state index contributed by atoms with van der Waals surface area (Å²) < 4.78 is 5.60. The van der Waals surface area contributed by atoms with E-state index in [4.69, 9.17) is 4.74 Å². The van der Waals surface area contributed by atoms with Gasteiger partial charge in [-0.15, -0.1) is 0 Å². The number of hydrogen-bond donors (Lipinski definition) is 1. The summed E-state index contributed by atoms with van der Waals surface area (Å²) in [5.41, 5.74) is -0.619. The first kappa shape index (κ1) is 12.4. The molecular weight excluding hydrogens is 314 g/mol. The van der Waals surface area contributed by atoms with Gasteiger partial charge in [0.15, 0.2) is 5.01 Å². The lowest BCUT2D eigenvalue weighted by molar-refractivity contribution is -0.383. The molecule has 0 amide bonds. The molecule has 0 spiro atoms. The van der Waals surface area contributed by atoms with Gasteiger partial charge < -0.3 is 9.84 Å². The molecular formula is C13H10BrNO4. The summed E-state index contributed by atoms with van der Waals surface area (Å²) in [5.74, 6) is 0.532. The summed E-state index contributed by atoms with van der Waals surface area (Å²) in [6.07, 6.45) is 0. The maximum atomic E-state index is 11.1. The van der Waals surface area contributed by atoms with Crippen LogP contribution in [0.15, 0.2) is 30.3 Å². The van der Waals surface area contributed by atoms with Crippen molar-refractivity contribution >= 4 is 32.4 Å². The minimum atomic E-state index is -1.25. The molecule has 0 aromatic heterocycles. The van der Waals surface area contributed by atoms with Crippen molar-refractivity contribution in [3.8, 4) is 5.75 Å². The van der Waals surface area contributed by atoms with Crippen molar-refractivity contribution in [1.82, 2.24) is 0 Å². The van der Waals surface area contributed by atoms with Crippen LogP contribution in [-0.2, 0) is 5.60 Å². The predicted octanol–water partition coefficient (Wildman–Crippen LogP) is 3.07. The van der Waals surface area contributed by atoms with Gasteiger partial charge in [0.05, 0.1) is 10.3 Å². The molecule has 0 saturated carbocycles. The van der Waals surface area contributed by atoms with Gasteiger partial charge in [-0.25, -0.2) is 0 Å². The Morgan fingerprint density at radius 3 is 2.84 bits per heavy atom. The molecule has 0 saturated heterocycles. The van der Waals surface area contributed by atoms with Gasteiger partial charge in [-0.05, 0) is 40.5 Å². The lowest BCUT2D eigenvalue weighted by Crippen LogP contribution is -2.39. The van der Waals surface area contributed by atoms with E-state index in [9.17, 15) is 15.2 Å². The Morgan fingerprint density at radius 1 is 1.42 bits per heavy atom. The summed E-state index contributed by atoms with van der Waals surface area (Å²) in [7, 11) is 0. The molecule has 1 heterocycles. The molecule has 6 heteroatoms. The van der Waals surface area contributed by atoms with Crippen LogP contribution in [0.2, 0.25) is 0 Å². The molecule has 2 atom stereocenters. The Hall–Kier alpha value is -1.66. The van der Waals surface area contributed by atoms with Gasteiger partial charge in [0.25, 0.3) is 5.69 Å². The maximum absolute atomic E-state index is 11.1. The number of alkyl halides is 1. The summed E-state index contributed by atoms with van der Waals surface area (Å²) in [5, 5.41) is 22.0. The molecule has 2 unspecified atom stereocenters. The topological polar surface area (TPSA) is 72.6 Å². The summed E-state index contributed by atoms with van der Waals surface area (Å²) in [4.78, 5) is 10.6. The molecule has 0 aliphatic carbocycles. The average Bonchev–Trinajstić information content (AvgIpc) is 2.36. The van der Waals surface area contributed by atoms with Crippen molar-refractivity contribution < 1.29 is 14.8 Å². The Labute approximate surface area is 117 Å². The van der Waals surface area contributed by atoms with Crippen molar-refractivity contribution in [1.29, 1.82) is 0 Å². The smallest absolute Gasteiger partial charge is 0.277 e. The zero-order chi connectivity index (χ0) is 13.8. The highest BCUT2D eigenvalue weighted by atomic mass is 79.9. The fourth-order valence-corrected chi connectivity index (χ4v) is 2.83. The van der Waals surface area contributed by atoms with Crippen molar-refractivity contribution in [3.05, 3.63) is 46.0 Å². The number of hydrogen-bond acceptors (Lipinski definition) is 4. The van der Waals surface area contributed by atoms with Gasteiger partial charge in [-0.1, -0.05) is 12.1 Å². The third kappa shape index (κ3) is 1.63. The van der Waals surface area contributed by atoms with E-state index in [0.29, 0.717) is 22.1 Å². The SMILES string of the molecule is CC1(O)c2cccc3c([N+](=O)[O-])ccc(c23)OC1Br. The Bertz CT molecular complexity index is 698. The number of benzene rings is 2. The molecule has 0 radical (unpaired) electrons. The van der Waals surface area contributed by atoms with Gasteiger partial charge in [0.1, 0.15) is 11.4 Å². The van der Waals surface area contributed by atoms with Gasteiger partial charge in [0, 0.05) is 11.5 Å². The van der Waals surface area contributed by atoms with E-state index in [-0.39, 0.29) is 5.69 Å². The van der Waals surface area contributed by atoms with E-state index in [1.54, 1.807) is 31.2 Å². The highest BCUT2D eigenvalue weighted by Gasteiger charge is 2.40. The maximum Gasteiger partial charge on any atom is 0.277 e. The molecule has 1 aliphatic rings. The predicted molar refractivity (Wildman–Crippen MR) is 73.5 cm³/mol. The van der Waals surface area contributed by atoms with E-state index >= 15 is 0 Å². The van der Waals surface area contributed by atoms with Crippen LogP contribution in [0.3, 0.4) is 0 Å². The number of nitro benzene ring substituents is 1.